The summed E-state index contributed by atoms with van der Waals surface area (Å²) < 4.78 is 1.83. The van der Waals surface area contributed by atoms with Crippen LogP contribution in [-0.4, -0.2) is 22.2 Å². The fraction of sp³-hybridized carbons (Fsp3) is 0.333. The second-order valence-electron chi connectivity index (χ2n) is 4.89. The van der Waals surface area contributed by atoms with Crippen LogP contribution in [0.3, 0.4) is 0 Å². The number of nitrogens with zero attached hydrogens (tertiary/aromatic N) is 2. The molecule has 1 aromatic carbocycles. The zero-order chi connectivity index (χ0) is 15.4. The molecule has 112 valence electrons. The van der Waals surface area contributed by atoms with Gasteiger partial charge in [-0.1, -0.05) is 0 Å². The minimum absolute atomic E-state index is 0.112. The van der Waals surface area contributed by atoms with E-state index in [1.807, 2.05) is 37.8 Å². The molecule has 1 amide bonds. The first kappa shape index (κ1) is 14.9. The van der Waals surface area contributed by atoms with Crippen molar-refractivity contribution in [1.82, 2.24) is 15.1 Å². The first-order valence-electron chi connectivity index (χ1n) is 6.92. The Labute approximate surface area is 124 Å². The van der Waals surface area contributed by atoms with Crippen molar-refractivity contribution >= 4 is 17.3 Å². The normalized spacial score (nSPS) is 10.4. The summed E-state index contributed by atoms with van der Waals surface area (Å²) >= 11 is 0. The quantitative estimate of drug-likeness (QED) is 0.730. The highest BCUT2D eigenvalue weighted by Crippen LogP contribution is 2.21. The number of nitrogens with one attached hydrogen (secondary N) is 2. The highest BCUT2D eigenvalue weighted by molar-refractivity contribution is 5.96. The number of benzene rings is 1. The largest absolute Gasteiger partial charge is 0.397 e. The number of aromatic nitrogens is 2. The van der Waals surface area contributed by atoms with Crippen molar-refractivity contribution in [2.75, 3.05) is 17.6 Å². The van der Waals surface area contributed by atoms with Crippen molar-refractivity contribution in [2.45, 2.75) is 20.4 Å². The number of hydrogen-bond donors (Lipinski definition) is 3. The van der Waals surface area contributed by atoms with E-state index in [1.165, 1.54) is 0 Å². The molecule has 0 aliphatic rings. The van der Waals surface area contributed by atoms with E-state index in [4.69, 9.17) is 5.73 Å². The summed E-state index contributed by atoms with van der Waals surface area (Å²) in [5.41, 5.74) is 10.2. The van der Waals surface area contributed by atoms with Gasteiger partial charge in [-0.2, -0.15) is 5.10 Å². The lowest BCUT2D eigenvalue weighted by atomic mass is 10.1. The zero-order valence-corrected chi connectivity index (χ0v) is 12.6. The fourth-order valence-corrected chi connectivity index (χ4v) is 2.04. The van der Waals surface area contributed by atoms with Gasteiger partial charge in [0.15, 0.2) is 0 Å². The van der Waals surface area contributed by atoms with Gasteiger partial charge in [0.2, 0.25) is 0 Å². The molecule has 21 heavy (non-hydrogen) atoms. The van der Waals surface area contributed by atoms with Crippen LogP contribution in [0, 0.1) is 6.92 Å². The monoisotopic (exact) mass is 287 g/mol. The second-order valence-corrected chi connectivity index (χ2v) is 4.89. The summed E-state index contributed by atoms with van der Waals surface area (Å²) in [4.78, 5) is 11.7. The molecular weight excluding hydrogens is 266 g/mol. The van der Waals surface area contributed by atoms with Crippen LogP contribution in [-0.2, 0) is 13.6 Å². The molecule has 0 radical (unpaired) electrons. The van der Waals surface area contributed by atoms with Gasteiger partial charge in [0.05, 0.1) is 17.6 Å². The van der Waals surface area contributed by atoms with Crippen LogP contribution in [0.15, 0.2) is 24.4 Å². The lowest BCUT2D eigenvalue weighted by Gasteiger charge is -2.11. The van der Waals surface area contributed by atoms with Crippen LogP contribution in [0.25, 0.3) is 0 Å². The minimum Gasteiger partial charge on any atom is -0.397 e. The van der Waals surface area contributed by atoms with Gasteiger partial charge in [-0.25, -0.2) is 0 Å². The molecule has 6 nitrogen and oxygen atoms in total. The van der Waals surface area contributed by atoms with E-state index < -0.39 is 0 Å². The Morgan fingerprint density at radius 1 is 1.43 bits per heavy atom. The van der Waals surface area contributed by atoms with Crippen molar-refractivity contribution in [3.8, 4) is 0 Å². The third-order valence-electron chi connectivity index (χ3n) is 3.46. The van der Waals surface area contributed by atoms with Crippen LogP contribution >= 0.6 is 0 Å². The van der Waals surface area contributed by atoms with E-state index in [0.29, 0.717) is 24.3 Å². The van der Waals surface area contributed by atoms with Crippen molar-refractivity contribution in [3.05, 3.63) is 41.2 Å². The number of amides is 1. The lowest BCUT2D eigenvalue weighted by molar-refractivity contribution is 0.0956. The molecule has 0 spiro atoms. The SMILES string of the molecule is CCNC(=O)c1ccc(NCc2cnn(C)c2C)c(N)c1. The van der Waals surface area contributed by atoms with E-state index >= 15 is 0 Å². The van der Waals surface area contributed by atoms with E-state index in [-0.39, 0.29) is 5.91 Å². The number of nitrogens with two attached hydrogens (primary N) is 1. The highest BCUT2D eigenvalue weighted by Gasteiger charge is 2.08. The third-order valence-corrected chi connectivity index (χ3v) is 3.46. The Kier molecular flexibility index (Phi) is 4.47. The van der Waals surface area contributed by atoms with Gasteiger partial charge in [-0.05, 0) is 32.0 Å². The summed E-state index contributed by atoms with van der Waals surface area (Å²) in [5.74, 6) is -0.112. The number of carbonyl (C=O) groups excluding carboxylic acids is 1. The first-order valence-corrected chi connectivity index (χ1v) is 6.92. The van der Waals surface area contributed by atoms with Crippen molar-refractivity contribution in [1.29, 1.82) is 0 Å². The standard InChI is InChI=1S/C15H21N5O/c1-4-17-15(21)11-5-6-14(13(16)7-11)18-8-12-9-19-20(3)10(12)2/h5-7,9,18H,4,8,16H2,1-3H3,(H,17,21). The number of aryl methyl sites for hydroxylation is 1. The molecule has 0 saturated carbocycles. The Hall–Kier alpha value is -2.50. The Morgan fingerprint density at radius 3 is 2.76 bits per heavy atom. The molecule has 0 saturated heterocycles. The number of nitrogen functional groups attached to an aromatic ring is 1. The summed E-state index contributed by atoms with van der Waals surface area (Å²) in [6.07, 6.45) is 1.83. The number of carbonyl (C=O) groups is 1. The van der Waals surface area contributed by atoms with Gasteiger partial charge < -0.3 is 16.4 Å². The van der Waals surface area contributed by atoms with Crippen molar-refractivity contribution in [2.24, 2.45) is 7.05 Å². The van der Waals surface area contributed by atoms with Gasteiger partial charge in [-0.3, -0.25) is 9.48 Å². The summed E-state index contributed by atoms with van der Waals surface area (Å²) in [7, 11) is 1.91. The van der Waals surface area contributed by atoms with Crippen molar-refractivity contribution < 1.29 is 4.79 Å². The van der Waals surface area contributed by atoms with Gasteiger partial charge in [0.1, 0.15) is 0 Å². The maximum Gasteiger partial charge on any atom is 0.251 e. The molecule has 6 heteroatoms. The molecule has 2 aromatic rings. The van der Waals surface area contributed by atoms with Gasteiger partial charge in [0, 0.05) is 37.0 Å². The Balaban J connectivity index is 2.07. The molecule has 2 rings (SSSR count). The van der Waals surface area contributed by atoms with E-state index in [0.717, 1.165) is 16.9 Å². The molecule has 0 aliphatic heterocycles. The molecule has 0 unspecified atom stereocenters. The summed E-state index contributed by atoms with van der Waals surface area (Å²) in [5, 5.41) is 10.2. The summed E-state index contributed by atoms with van der Waals surface area (Å²) in [6, 6.07) is 5.27. The fourth-order valence-electron chi connectivity index (χ4n) is 2.04. The predicted octanol–water partition coefficient (Wildman–Crippen LogP) is 1.67. The molecule has 0 aliphatic carbocycles. The molecule has 1 aromatic heterocycles. The zero-order valence-electron chi connectivity index (χ0n) is 12.6. The summed E-state index contributed by atoms with van der Waals surface area (Å²) in [6.45, 7) is 5.14. The van der Waals surface area contributed by atoms with E-state index in [9.17, 15) is 4.79 Å². The molecule has 0 fully saturated rings. The predicted molar refractivity (Wildman–Crippen MR) is 84.1 cm³/mol. The number of anilines is 2. The number of hydrogen-bond acceptors (Lipinski definition) is 4. The molecule has 0 atom stereocenters. The van der Waals surface area contributed by atoms with Gasteiger partial charge >= 0.3 is 0 Å². The molecule has 4 N–H and O–H groups in total. The minimum atomic E-state index is -0.112. The van der Waals surface area contributed by atoms with Crippen molar-refractivity contribution in [3.63, 3.8) is 0 Å². The van der Waals surface area contributed by atoms with Crippen LogP contribution in [0.2, 0.25) is 0 Å². The smallest absolute Gasteiger partial charge is 0.251 e. The molecular formula is C15H21N5O. The number of rotatable bonds is 5. The average molecular weight is 287 g/mol. The van der Waals surface area contributed by atoms with Gasteiger partial charge in [0.25, 0.3) is 5.91 Å². The Bertz CT molecular complexity index is 648. The third kappa shape index (κ3) is 3.34. The average Bonchev–Trinajstić information content (AvgIpc) is 2.78. The van der Waals surface area contributed by atoms with E-state index in [2.05, 4.69) is 15.7 Å². The first-order chi connectivity index (χ1) is 10.0. The van der Waals surface area contributed by atoms with Crippen LogP contribution < -0.4 is 16.4 Å². The lowest BCUT2D eigenvalue weighted by Crippen LogP contribution is -2.22. The maximum absolute atomic E-state index is 11.7. The van der Waals surface area contributed by atoms with Gasteiger partial charge in [-0.15, -0.1) is 0 Å². The van der Waals surface area contributed by atoms with Crippen LogP contribution in [0.5, 0.6) is 0 Å². The van der Waals surface area contributed by atoms with Crippen LogP contribution in [0.1, 0.15) is 28.5 Å². The highest BCUT2D eigenvalue weighted by atomic mass is 16.1. The Morgan fingerprint density at radius 2 is 2.19 bits per heavy atom. The topological polar surface area (TPSA) is 85.0 Å². The van der Waals surface area contributed by atoms with Crippen LogP contribution in [0.4, 0.5) is 11.4 Å². The van der Waals surface area contributed by atoms with E-state index in [1.54, 1.807) is 12.1 Å². The molecule has 0 bridgehead atoms. The molecule has 1 heterocycles. The second kappa shape index (κ2) is 6.30. The maximum atomic E-state index is 11.7.